The van der Waals surface area contributed by atoms with Gasteiger partial charge >= 0.3 is 5.97 Å². The molecule has 0 saturated carbocycles. The molecule has 10 heteroatoms. The van der Waals surface area contributed by atoms with Crippen molar-refractivity contribution < 1.29 is 38.0 Å². The molecule has 2 saturated heterocycles. The SMILES string of the molecule is O=C(Oc1cnc(-c2ccc(OCOCC3CO3)cc2)nc1)c1ccc(OCOCC2CO2)cc1. The zero-order valence-electron chi connectivity index (χ0n) is 18.8. The van der Waals surface area contributed by atoms with Crippen molar-refractivity contribution in [1.82, 2.24) is 9.97 Å². The molecule has 2 aliphatic rings. The highest BCUT2D eigenvalue weighted by Crippen LogP contribution is 2.21. The molecule has 5 rings (SSSR count). The highest BCUT2D eigenvalue weighted by atomic mass is 16.7. The van der Waals surface area contributed by atoms with Crippen LogP contribution in [0.25, 0.3) is 11.4 Å². The quantitative estimate of drug-likeness (QED) is 0.157. The summed E-state index contributed by atoms with van der Waals surface area (Å²) in [6.07, 6.45) is 3.30. The molecule has 0 spiro atoms. The van der Waals surface area contributed by atoms with E-state index in [1.54, 1.807) is 24.3 Å². The van der Waals surface area contributed by atoms with Gasteiger partial charge < -0.3 is 33.2 Å². The maximum atomic E-state index is 12.4. The van der Waals surface area contributed by atoms with Gasteiger partial charge in [0.25, 0.3) is 0 Å². The molecule has 35 heavy (non-hydrogen) atoms. The Hall–Kier alpha value is -3.57. The predicted molar refractivity (Wildman–Crippen MR) is 121 cm³/mol. The minimum Gasteiger partial charge on any atom is -0.468 e. The minimum atomic E-state index is -0.521. The summed E-state index contributed by atoms with van der Waals surface area (Å²) in [5, 5.41) is 0. The molecule has 0 bridgehead atoms. The van der Waals surface area contributed by atoms with Crippen LogP contribution in [-0.2, 0) is 18.9 Å². The monoisotopic (exact) mass is 480 g/mol. The fourth-order valence-electron chi connectivity index (χ4n) is 2.98. The van der Waals surface area contributed by atoms with Crippen molar-refractivity contribution in [3.05, 3.63) is 66.5 Å². The van der Waals surface area contributed by atoms with Crippen molar-refractivity contribution in [2.24, 2.45) is 0 Å². The van der Waals surface area contributed by atoms with Gasteiger partial charge in [-0.15, -0.1) is 0 Å². The lowest BCUT2D eigenvalue weighted by atomic mass is 10.2. The Kier molecular flexibility index (Phi) is 7.44. The smallest absolute Gasteiger partial charge is 0.343 e. The van der Waals surface area contributed by atoms with Crippen LogP contribution < -0.4 is 14.2 Å². The van der Waals surface area contributed by atoms with E-state index in [9.17, 15) is 4.79 Å². The molecule has 0 aliphatic carbocycles. The van der Waals surface area contributed by atoms with Gasteiger partial charge in [-0.05, 0) is 48.5 Å². The average Bonchev–Trinajstić information content (AvgIpc) is 3.82. The third-order valence-electron chi connectivity index (χ3n) is 5.07. The molecule has 3 aromatic rings. The largest absolute Gasteiger partial charge is 0.468 e. The molecule has 0 N–H and O–H groups in total. The maximum absolute atomic E-state index is 12.4. The fourth-order valence-corrected chi connectivity index (χ4v) is 2.98. The van der Waals surface area contributed by atoms with E-state index >= 15 is 0 Å². The molecule has 182 valence electrons. The lowest BCUT2D eigenvalue weighted by molar-refractivity contribution is 0.00809. The first-order valence-corrected chi connectivity index (χ1v) is 11.1. The summed E-state index contributed by atoms with van der Waals surface area (Å²) in [6, 6.07) is 13.9. The molecule has 1 aromatic heterocycles. The molecular weight excluding hydrogens is 456 g/mol. The standard InChI is InChI=1S/C25H24N2O8/c28-25(18-3-7-20(8-4-18)34-16-30-12-23-14-32-23)35-21-9-26-24(27-10-21)17-1-5-19(6-2-17)33-15-29-11-22-13-31-22/h1-10,22-23H,11-16H2. The highest BCUT2D eigenvalue weighted by molar-refractivity contribution is 5.91. The van der Waals surface area contributed by atoms with Crippen LogP contribution in [0, 0.1) is 0 Å². The van der Waals surface area contributed by atoms with Gasteiger partial charge in [-0.3, -0.25) is 0 Å². The third kappa shape index (κ3) is 7.20. The van der Waals surface area contributed by atoms with E-state index in [-0.39, 0.29) is 31.5 Å². The number of ether oxygens (including phenoxy) is 7. The van der Waals surface area contributed by atoms with E-state index in [2.05, 4.69) is 9.97 Å². The van der Waals surface area contributed by atoms with Crippen LogP contribution in [0.2, 0.25) is 0 Å². The summed E-state index contributed by atoms with van der Waals surface area (Å²) in [7, 11) is 0. The molecule has 3 heterocycles. The van der Waals surface area contributed by atoms with Crippen LogP contribution in [0.1, 0.15) is 10.4 Å². The number of esters is 1. The van der Waals surface area contributed by atoms with E-state index in [0.717, 1.165) is 18.8 Å². The maximum Gasteiger partial charge on any atom is 0.343 e. The van der Waals surface area contributed by atoms with E-state index < -0.39 is 5.97 Å². The molecule has 0 amide bonds. The topological polar surface area (TPSA) is 114 Å². The fraction of sp³-hybridized carbons (Fsp3) is 0.320. The second kappa shape index (κ2) is 11.2. The van der Waals surface area contributed by atoms with E-state index in [0.29, 0.717) is 36.1 Å². The van der Waals surface area contributed by atoms with Gasteiger partial charge in [0.15, 0.2) is 25.2 Å². The van der Waals surface area contributed by atoms with Crippen LogP contribution in [0.3, 0.4) is 0 Å². The molecule has 0 radical (unpaired) electrons. The number of benzene rings is 2. The number of carbonyl (C=O) groups is 1. The molecule has 2 atom stereocenters. The summed E-state index contributed by atoms with van der Waals surface area (Å²) >= 11 is 0. The van der Waals surface area contributed by atoms with Crippen LogP contribution >= 0.6 is 0 Å². The van der Waals surface area contributed by atoms with Gasteiger partial charge in [-0.1, -0.05) is 0 Å². The molecule has 2 aromatic carbocycles. The number of rotatable bonds is 13. The number of hydrogen-bond donors (Lipinski definition) is 0. The van der Waals surface area contributed by atoms with E-state index in [4.69, 9.17) is 33.2 Å². The number of hydrogen-bond acceptors (Lipinski definition) is 10. The van der Waals surface area contributed by atoms with Crippen molar-refractivity contribution in [3.63, 3.8) is 0 Å². The summed E-state index contributed by atoms with van der Waals surface area (Å²) in [5.74, 6) is 1.48. The van der Waals surface area contributed by atoms with Crippen molar-refractivity contribution in [2.45, 2.75) is 12.2 Å². The van der Waals surface area contributed by atoms with Crippen molar-refractivity contribution in [2.75, 3.05) is 40.0 Å². The highest BCUT2D eigenvalue weighted by Gasteiger charge is 2.22. The van der Waals surface area contributed by atoms with Crippen LogP contribution in [0.4, 0.5) is 0 Å². The molecule has 2 fully saturated rings. The van der Waals surface area contributed by atoms with Gasteiger partial charge in [-0.25, -0.2) is 14.8 Å². The Morgan fingerprint density at radius 3 is 1.80 bits per heavy atom. The van der Waals surface area contributed by atoms with E-state index in [1.165, 1.54) is 12.4 Å². The van der Waals surface area contributed by atoms with Gasteiger partial charge in [0.1, 0.15) is 23.7 Å². The normalized spacial score (nSPS) is 18.1. The lowest BCUT2D eigenvalue weighted by Crippen LogP contribution is -2.10. The molecular formula is C25H24N2O8. The Balaban J connectivity index is 1.08. The Morgan fingerprint density at radius 2 is 1.29 bits per heavy atom. The number of aromatic nitrogens is 2. The third-order valence-corrected chi connectivity index (χ3v) is 5.07. The first-order chi connectivity index (χ1) is 17.2. The lowest BCUT2D eigenvalue weighted by Gasteiger charge is -2.08. The molecule has 2 unspecified atom stereocenters. The Labute approximate surface area is 201 Å². The molecule has 2 aliphatic heterocycles. The van der Waals surface area contributed by atoms with Crippen molar-refractivity contribution in [3.8, 4) is 28.6 Å². The zero-order valence-corrected chi connectivity index (χ0v) is 18.8. The van der Waals surface area contributed by atoms with Crippen molar-refractivity contribution in [1.29, 1.82) is 0 Å². The zero-order chi connectivity index (χ0) is 23.9. The van der Waals surface area contributed by atoms with Gasteiger partial charge in [0.05, 0.1) is 44.4 Å². The Morgan fingerprint density at radius 1 is 0.771 bits per heavy atom. The van der Waals surface area contributed by atoms with Gasteiger partial charge in [-0.2, -0.15) is 0 Å². The summed E-state index contributed by atoms with van der Waals surface area (Å²) in [6.45, 7) is 2.82. The van der Waals surface area contributed by atoms with Crippen molar-refractivity contribution >= 4 is 5.97 Å². The van der Waals surface area contributed by atoms with Crippen LogP contribution in [-0.4, -0.2) is 68.2 Å². The minimum absolute atomic E-state index is 0.119. The van der Waals surface area contributed by atoms with Crippen LogP contribution in [0.15, 0.2) is 60.9 Å². The first kappa shape index (κ1) is 23.2. The van der Waals surface area contributed by atoms with E-state index in [1.807, 2.05) is 24.3 Å². The number of carbonyl (C=O) groups excluding carboxylic acids is 1. The second-order valence-corrected chi connectivity index (χ2v) is 7.86. The number of nitrogens with zero attached hydrogens (tertiary/aromatic N) is 2. The summed E-state index contributed by atoms with van der Waals surface area (Å²) in [5.41, 5.74) is 1.17. The van der Waals surface area contributed by atoms with Crippen LogP contribution in [0.5, 0.6) is 17.2 Å². The molecule has 10 nitrogen and oxygen atoms in total. The predicted octanol–water partition coefficient (Wildman–Crippen LogP) is 2.87. The second-order valence-electron chi connectivity index (χ2n) is 7.86. The Bertz CT molecular complexity index is 1100. The van der Waals surface area contributed by atoms with Gasteiger partial charge in [0, 0.05) is 5.56 Å². The average molecular weight is 480 g/mol. The summed E-state index contributed by atoms with van der Waals surface area (Å²) in [4.78, 5) is 21.0. The summed E-state index contributed by atoms with van der Waals surface area (Å²) < 4.78 is 37.2. The van der Waals surface area contributed by atoms with Gasteiger partial charge in [0.2, 0.25) is 0 Å². The number of epoxide rings is 2. The first-order valence-electron chi connectivity index (χ1n) is 11.1.